The zero-order chi connectivity index (χ0) is 11.5. The standard InChI is InChI=1S/C11H13FO3/c1-8-4-3-5-9(6-8)15-7-11(2,12)10(13)14/h3-6H,7H2,1-2H3,(H,13,14). The van der Waals surface area contributed by atoms with E-state index in [0.717, 1.165) is 12.5 Å². The van der Waals surface area contributed by atoms with Crippen molar-refractivity contribution >= 4 is 5.97 Å². The number of carboxylic acid groups (broad SMARTS) is 1. The van der Waals surface area contributed by atoms with Crippen molar-refractivity contribution in [2.75, 3.05) is 6.61 Å². The van der Waals surface area contributed by atoms with Gasteiger partial charge in [0.1, 0.15) is 12.4 Å². The Labute approximate surface area is 87.5 Å². The Morgan fingerprint density at radius 1 is 1.60 bits per heavy atom. The summed E-state index contributed by atoms with van der Waals surface area (Å²) in [6, 6.07) is 7.02. The molecule has 82 valence electrons. The summed E-state index contributed by atoms with van der Waals surface area (Å²) in [6.45, 7) is 2.36. The molecule has 1 rings (SSSR count). The molecule has 1 N–H and O–H groups in total. The lowest BCUT2D eigenvalue weighted by atomic mass is 10.1. The van der Waals surface area contributed by atoms with Gasteiger partial charge in [0.2, 0.25) is 5.67 Å². The number of benzene rings is 1. The van der Waals surface area contributed by atoms with E-state index >= 15 is 0 Å². The molecule has 4 heteroatoms. The molecule has 0 spiro atoms. The Morgan fingerprint density at radius 3 is 2.80 bits per heavy atom. The van der Waals surface area contributed by atoms with Crippen LogP contribution in [0, 0.1) is 6.92 Å². The van der Waals surface area contributed by atoms with E-state index in [1.165, 1.54) is 0 Å². The molecule has 0 saturated carbocycles. The van der Waals surface area contributed by atoms with E-state index < -0.39 is 18.2 Å². The van der Waals surface area contributed by atoms with E-state index in [-0.39, 0.29) is 0 Å². The molecule has 0 saturated heterocycles. The normalized spacial score (nSPS) is 14.3. The molecule has 0 aliphatic rings. The largest absolute Gasteiger partial charge is 0.490 e. The van der Waals surface area contributed by atoms with Crippen LogP contribution in [0.4, 0.5) is 4.39 Å². The van der Waals surface area contributed by atoms with Gasteiger partial charge in [-0.15, -0.1) is 0 Å². The van der Waals surface area contributed by atoms with Crippen LogP contribution in [0.5, 0.6) is 5.75 Å². The minimum atomic E-state index is -2.36. The zero-order valence-electron chi connectivity index (χ0n) is 8.66. The molecule has 1 unspecified atom stereocenters. The predicted molar refractivity (Wildman–Crippen MR) is 53.8 cm³/mol. The third-order valence-corrected chi connectivity index (χ3v) is 1.95. The predicted octanol–water partition coefficient (Wildman–Crippen LogP) is 2.19. The van der Waals surface area contributed by atoms with E-state index in [9.17, 15) is 9.18 Å². The topological polar surface area (TPSA) is 46.5 Å². The number of hydrogen-bond acceptors (Lipinski definition) is 2. The first-order chi connectivity index (χ1) is 6.92. The molecule has 1 aromatic carbocycles. The first kappa shape index (κ1) is 11.5. The van der Waals surface area contributed by atoms with Gasteiger partial charge in [0.15, 0.2) is 0 Å². The fourth-order valence-electron chi connectivity index (χ4n) is 0.986. The number of ether oxygens (including phenoxy) is 1. The maximum Gasteiger partial charge on any atom is 0.344 e. The molecule has 0 aliphatic carbocycles. The first-order valence-corrected chi connectivity index (χ1v) is 4.53. The number of aliphatic carboxylic acids is 1. The summed E-state index contributed by atoms with van der Waals surface area (Å²) in [5, 5.41) is 8.52. The van der Waals surface area contributed by atoms with E-state index in [1.54, 1.807) is 18.2 Å². The fraction of sp³-hybridized carbons (Fsp3) is 0.364. The van der Waals surface area contributed by atoms with Crippen molar-refractivity contribution in [3.05, 3.63) is 29.8 Å². The Hall–Kier alpha value is -1.58. The van der Waals surface area contributed by atoms with Crippen molar-refractivity contribution < 1.29 is 19.0 Å². The van der Waals surface area contributed by atoms with E-state index in [0.29, 0.717) is 5.75 Å². The lowest BCUT2D eigenvalue weighted by Gasteiger charge is -2.15. The van der Waals surface area contributed by atoms with Crippen molar-refractivity contribution in [2.24, 2.45) is 0 Å². The van der Waals surface area contributed by atoms with Gasteiger partial charge in [-0.2, -0.15) is 0 Å². The third-order valence-electron chi connectivity index (χ3n) is 1.95. The molecule has 15 heavy (non-hydrogen) atoms. The lowest BCUT2D eigenvalue weighted by Crippen LogP contribution is -2.36. The van der Waals surface area contributed by atoms with Crippen molar-refractivity contribution in [1.29, 1.82) is 0 Å². The average Bonchev–Trinajstić information content (AvgIpc) is 2.15. The summed E-state index contributed by atoms with van der Waals surface area (Å²) in [6.07, 6.45) is 0. The molecule has 0 amide bonds. The minimum Gasteiger partial charge on any atom is -0.490 e. The molecule has 0 heterocycles. The highest BCUT2D eigenvalue weighted by molar-refractivity contribution is 5.76. The quantitative estimate of drug-likeness (QED) is 0.832. The van der Waals surface area contributed by atoms with E-state index in [1.807, 2.05) is 13.0 Å². The minimum absolute atomic E-state index is 0.472. The second-order valence-corrected chi connectivity index (χ2v) is 3.61. The molecule has 1 atom stereocenters. The summed E-state index contributed by atoms with van der Waals surface area (Å²) in [5.74, 6) is -1.05. The maximum atomic E-state index is 13.3. The van der Waals surface area contributed by atoms with Gasteiger partial charge in [0.25, 0.3) is 0 Å². The fourth-order valence-corrected chi connectivity index (χ4v) is 0.986. The number of alkyl halides is 1. The molecule has 3 nitrogen and oxygen atoms in total. The monoisotopic (exact) mass is 212 g/mol. The van der Waals surface area contributed by atoms with Crippen LogP contribution in [0.2, 0.25) is 0 Å². The van der Waals surface area contributed by atoms with Gasteiger partial charge >= 0.3 is 5.97 Å². The third kappa shape index (κ3) is 3.23. The molecular formula is C11H13FO3. The summed E-state index contributed by atoms with van der Waals surface area (Å²) in [4.78, 5) is 10.5. The summed E-state index contributed by atoms with van der Waals surface area (Å²) < 4.78 is 18.3. The summed E-state index contributed by atoms with van der Waals surface area (Å²) in [7, 11) is 0. The van der Waals surface area contributed by atoms with Crippen molar-refractivity contribution in [3.8, 4) is 5.75 Å². The second-order valence-electron chi connectivity index (χ2n) is 3.61. The summed E-state index contributed by atoms with van der Waals surface area (Å²) >= 11 is 0. The first-order valence-electron chi connectivity index (χ1n) is 4.53. The Kier molecular flexibility index (Phi) is 3.29. The van der Waals surface area contributed by atoms with Crippen LogP contribution in [-0.2, 0) is 4.79 Å². The highest BCUT2D eigenvalue weighted by atomic mass is 19.1. The van der Waals surface area contributed by atoms with Gasteiger partial charge in [0, 0.05) is 0 Å². The highest BCUT2D eigenvalue weighted by Gasteiger charge is 2.33. The SMILES string of the molecule is Cc1cccc(OCC(C)(F)C(=O)O)c1. The number of carbonyl (C=O) groups is 1. The number of carboxylic acids is 1. The lowest BCUT2D eigenvalue weighted by molar-refractivity contribution is -0.151. The van der Waals surface area contributed by atoms with Crippen LogP contribution in [-0.4, -0.2) is 23.4 Å². The molecule has 0 aliphatic heterocycles. The Morgan fingerprint density at radius 2 is 2.27 bits per heavy atom. The zero-order valence-corrected chi connectivity index (χ0v) is 8.66. The van der Waals surface area contributed by atoms with Crippen LogP contribution in [0.25, 0.3) is 0 Å². The van der Waals surface area contributed by atoms with Gasteiger partial charge in [0.05, 0.1) is 0 Å². The van der Waals surface area contributed by atoms with Gasteiger partial charge < -0.3 is 9.84 Å². The maximum absolute atomic E-state index is 13.3. The van der Waals surface area contributed by atoms with Crippen LogP contribution in [0.1, 0.15) is 12.5 Å². The van der Waals surface area contributed by atoms with E-state index in [4.69, 9.17) is 9.84 Å². The number of halogens is 1. The van der Waals surface area contributed by atoms with Crippen LogP contribution >= 0.6 is 0 Å². The molecular weight excluding hydrogens is 199 g/mol. The number of aryl methyl sites for hydroxylation is 1. The second kappa shape index (κ2) is 4.29. The summed E-state index contributed by atoms with van der Waals surface area (Å²) in [5.41, 5.74) is -1.38. The molecule has 0 bridgehead atoms. The van der Waals surface area contributed by atoms with Crippen molar-refractivity contribution in [3.63, 3.8) is 0 Å². The number of hydrogen-bond donors (Lipinski definition) is 1. The van der Waals surface area contributed by atoms with Gasteiger partial charge in [-0.05, 0) is 31.5 Å². The van der Waals surface area contributed by atoms with Crippen molar-refractivity contribution in [1.82, 2.24) is 0 Å². The molecule has 0 fully saturated rings. The Bertz CT molecular complexity index is 361. The van der Waals surface area contributed by atoms with Crippen LogP contribution in [0.15, 0.2) is 24.3 Å². The molecule has 0 aromatic heterocycles. The van der Waals surface area contributed by atoms with E-state index in [2.05, 4.69) is 0 Å². The van der Waals surface area contributed by atoms with Crippen LogP contribution < -0.4 is 4.74 Å². The molecule has 0 radical (unpaired) electrons. The highest BCUT2D eigenvalue weighted by Crippen LogP contribution is 2.16. The Balaban J connectivity index is 2.61. The van der Waals surface area contributed by atoms with Gasteiger partial charge in [-0.3, -0.25) is 0 Å². The number of rotatable bonds is 4. The average molecular weight is 212 g/mol. The van der Waals surface area contributed by atoms with Gasteiger partial charge in [-0.25, -0.2) is 9.18 Å². The van der Waals surface area contributed by atoms with Crippen molar-refractivity contribution in [2.45, 2.75) is 19.5 Å². The molecule has 1 aromatic rings. The van der Waals surface area contributed by atoms with Crippen LogP contribution in [0.3, 0.4) is 0 Å². The van der Waals surface area contributed by atoms with Gasteiger partial charge in [-0.1, -0.05) is 12.1 Å². The smallest absolute Gasteiger partial charge is 0.344 e.